The minimum atomic E-state index is -4.62. The Balaban J connectivity index is 1.22. The number of pyridine rings is 2. The summed E-state index contributed by atoms with van der Waals surface area (Å²) in [4.78, 5) is 13.3. The first-order chi connectivity index (χ1) is 18.7. The first-order valence-corrected chi connectivity index (χ1v) is 12.6. The van der Waals surface area contributed by atoms with Crippen LogP contribution in [0, 0.1) is 18.3 Å². The highest BCUT2D eigenvalue weighted by atomic mass is 19.4. The Kier molecular flexibility index (Phi) is 7.34. The van der Waals surface area contributed by atoms with E-state index >= 15 is 0 Å². The number of benzene rings is 1. The summed E-state index contributed by atoms with van der Waals surface area (Å²) in [5, 5.41) is 17.2. The second-order valence-electron chi connectivity index (χ2n) is 9.43. The fraction of sp³-hybridized carbons (Fsp3) is 0.370. The van der Waals surface area contributed by atoms with Gasteiger partial charge in [-0.15, -0.1) is 5.10 Å². The first kappa shape index (κ1) is 26.4. The van der Waals surface area contributed by atoms with Gasteiger partial charge in [-0.1, -0.05) is 11.3 Å². The zero-order valence-electron chi connectivity index (χ0n) is 21.6. The maximum absolute atomic E-state index is 14.0. The van der Waals surface area contributed by atoms with E-state index in [0.717, 1.165) is 50.3 Å². The average Bonchev–Trinajstić information content (AvgIpc) is 3.31. The molecule has 39 heavy (non-hydrogen) atoms. The minimum absolute atomic E-state index is 0.000430. The van der Waals surface area contributed by atoms with Crippen LogP contribution in [-0.2, 0) is 13.2 Å². The Bertz CT molecular complexity index is 1520. The van der Waals surface area contributed by atoms with Crippen LogP contribution in [0.1, 0.15) is 23.4 Å². The number of nitriles is 1. The van der Waals surface area contributed by atoms with Gasteiger partial charge in [-0.2, -0.15) is 18.4 Å². The van der Waals surface area contributed by atoms with Crippen LogP contribution in [0.3, 0.4) is 0 Å². The smallest absolute Gasteiger partial charge is 0.419 e. The molecule has 0 unspecified atom stereocenters. The molecular weight excluding hydrogens is 509 g/mol. The highest BCUT2D eigenvalue weighted by Gasteiger charge is 2.35. The van der Waals surface area contributed by atoms with Crippen molar-refractivity contribution < 1.29 is 17.9 Å². The van der Waals surface area contributed by atoms with E-state index in [0.29, 0.717) is 17.5 Å². The third kappa shape index (κ3) is 5.78. The number of rotatable bonds is 7. The summed E-state index contributed by atoms with van der Waals surface area (Å²) in [5.41, 5.74) is 1.34. The number of alkyl halides is 3. The van der Waals surface area contributed by atoms with Crippen LogP contribution in [0.4, 0.5) is 19.0 Å². The molecule has 1 fully saturated rings. The van der Waals surface area contributed by atoms with Crippen LogP contribution in [-0.4, -0.2) is 69.2 Å². The Hall–Kier alpha value is -4.24. The van der Waals surface area contributed by atoms with E-state index in [1.54, 1.807) is 13.1 Å². The van der Waals surface area contributed by atoms with Gasteiger partial charge in [-0.25, -0.2) is 14.6 Å². The highest BCUT2D eigenvalue weighted by molar-refractivity contribution is 5.83. The van der Waals surface area contributed by atoms with Gasteiger partial charge in [0.15, 0.2) is 5.69 Å². The number of hydrogen-bond donors (Lipinski definition) is 0. The maximum atomic E-state index is 14.0. The standard InChI is InChI=1S/C27H27F3N8O/c1-18-5-3-6-25(32-18)38-12-10-37(11-13-38)9-4-14-39-24-8-7-19(15-20(24)27(28,29)30)21-16-23-26(22(17-31)33-21)34-35-36(23)2/h3,5-8,15-16H,4,9-14H2,1-2H3. The zero-order valence-corrected chi connectivity index (χ0v) is 21.6. The van der Waals surface area contributed by atoms with Crippen molar-refractivity contribution in [2.24, 2.45) is 7.05 Å². The maximum Gasteiger partial charge on any atom is 0.419 e. The lowest BCUT2D eigenvalue weighted by Crippen LogP contribution is -2.47. The van der Waals surface area contributed by atoms with Crippen molar-refractivity contribution in [1.82, 2.24) is 29.9 Å². The molecule has 0 amide bonds. The number of anilines is 1. The molecule has 4 aromatic rings. The topological polar surface area (TPSA) is 96.0 Å². The molecule has 1 aliphatic rings. The second-order valence-corrected chi connectivity index (χ2v) is 9.43. The van der Waals surface area contributed by atoms with Gasteiger partial charge in [0.05, 0.1) is 23.4 Å². The van der Waals surface area contributed by atoms with Gasteiger partial charge in [0.1, 0.15) is 23.2 Å². The fourth-order valence-corrected chi connectivity index (χ4v) is 4.67. The molecule has 9 nitrogen and oxygen atoms in total. The molecule has 1 aliphatic heterocycles. The van der Waals surface area contributed by atoms with Crippen LogP contribution >= 0.6 is 0 Å². The fourth-order valence-electron chi connectivity index (χ4n) is 4.67. The molecule has 202 valence electrons. The third-order valence-corrected chi connectivity index (χ3v) is 6.73. The van der Waals surface area contributed by atoms with Crippen LogP contribution in [0.15, 0.2) is 42.5 Å². The molecule has 1 saturated heterocycles. The SMILES string of the molecule is Cc1cccc(N2CCN(CCCOc3ccc(-c4cc5c(nnn5C)c(C#N)n4)cc3C(F)(F)F)CC2)n1. The van der Waals surface area contributed by atoms with Gasteiger partial charge in [-0.3, -0.25) is 4.90 Å². The van der Waals surface area contributed by atoms with Gasteiger partial charge in [0, 0.05) is 51.0 Å². The molecule has 0 N–H and O–H groups in total. The minimum Gasteiger partial charge on any atom is -0.493 e. The Labute approximate surface area is 223 Å². The van der Waals surface area contributed by atoms with Crippen molar-refractivity contribution >= 4 is 16.9 Å². The van der Waals surface area contributed by atoms with Gasteiger partial charge >= 0.3 is 6.18 Å². The predicted octanol–water partition coefficient (Wildman–Crippen LogP) is 4.22. The zero-order chi connectivity index (χ0) is 27.6. The summed E-state index contributed by atoms with van der Waals surface area (Å²) in [6.07, 6.45) is -4.03. The highest BCUT2D eigenvalue weighted by Crippen LogP contribution is 2.39. The number of ether oxygens (including phenoxy) is 1. The lowest BCUT2D eigenvalue weighted by atomic mass is 10.1. The molecule has 0 spiro atoms. The lowest BCUT2D eigenvalue weighted by Gasteiger charge is -2.35. The van der Waals surface area contributed by atoms with Crippen LogP contribution in [0.5, 0.6) is 5.75 Å². The molecule has 3 aromatic heterocycles. The summed E-state index contributed by atoms with van der Waals surface area (Å²) in [6.45, 7) is 6.26. The van der Waals surface area contributed by atoms with E-state index < -0.39 is 11.7 Å². The van der Waals surface area contributed by atoms with Crippen molar-refractivity contribution in [2.75, 3.05) is 44.2 Å². The van der Waals surface area contributed by atoms with Crippen LogP contribution < -0.4 is 9.64 Å². The summed E-state index contributed by atoms with van der Waals surface area (Å²) < 4.78 is 48.9. The molecule has 0 radical (unpaired) electrons. The average molecular weight is 537 g/mol. The number of nitrogens with zero attached hydrogens (tertiary/aromatic N) is 8. The lowest BCUT2D eigenvalue weighted by molar-refractivity contribution is -0.138. The predicted molar refractivity (Wildman–Crippen MR) is 139 cm³/mol. The largest absolute Gasteiger partial charge is 0.493 e. The van der Waals surface area contributed by atoms with E-state index in [4.69, 9.17) is 4.74 Å². The number of piperazine rings is 1. The number of aryl methyl sites for hydroxylation is 2. The number of halogens is 3. The molecule has 0 atom stereocenters. The Morgan fingerprint density at radius 2 is 1.85 bits per heavy atom. The van der Waals surface area contributed by atoms with Crippen molar-refractivity contribution in [3.63, 3.8) is 0 Å². The molecule has 1 aromatic carbocycles. The van der Waals surface area contributed by atoms with Gasteiger partial charge in [-0.05, 0) is 49.7 Å². The molecule has 0 saturated carbocycles. The number of fused-ring (bicyclic) bond motifs is 1. The quantitative estimate of drug-likeness (QED) is 0.324. The molecule has 0 bridgehead atoms. The molecule has 5 rings (SSSR count). The van der Waals surface area contributed by atoms with E-state index in [9.17, 15) is 18.4 Å². The van der Waals surface area contributed by atoms with E-state index in [1.165, 1.54) is 16.8 Å². The van der Waals surface area contributed by atoms with Gasteiger partial charge in [0.2, 0.25) is 0 Å². The van der Waals surface area contributed by atoms with E-state index in [1.807, 2.05) is 31.2 Å². The van der Waals surface area contributed by atoms with Crippen molar-refractivity contribution in [3.8, 4) is 23.1 Å². The van der Waals surface area contributed by atoms with Crippen molar-refractivity contribution in [1.29, 1.82) is 5.26 Å². The Morgan fingerprint density at radius 3 is 2.56 bits per heavy atom. The summed E-state index contributed by atoms with van der Waals surface area (Å²) in [7, 11) is 1.64. The number of hydrogen-bond acceptors (Lipinski definition) is 8. The monoisotopic (exact) mass is 536 g/mol. The van der Waals surface area contributed by atoms with Crippen LogP contribution in [0.25, 0.3) is 22.3 Å². The molecule has 0 aliphatic carbocycles. The van der Waals surface area contributed by atoms with E-state index in [2.05, 4.69) is 30.1 Å². The second kappa shape index (κ2) is 10.9. The van der Waals surface area contributed by atoms with Gasteiger partial charge in [0.25, 0.3) is 0 Å². The van der Waals surface area contributed by atoms with E-state index in [-0.39, 0.29) is 29.3 Å². The molecule has 12 heteroatoms. The Morgan fingerprint density at radius 1 is 1.05 bits per heavy atom. The van der Waals surface area contributed by atoms with Crippen LogP contribution in [0.2, 0.25) is 0 Å². The van der Waals surface area contributed by atoms with Crippen molar-refractivity contribution in [2.45, 2.75) is 19.5 Å². The molecule has 4 heterocycles. The molecular formula is C27H27F3N8O. The summed E-state index contributed by atoms with van der Waals surface area (Å²) in [5.74, 6) is 0.738. The third-order valence-electron chi connectivity index (χ3n) is 6.73. The first-order valence-electron chi connectivity index (χ1n) is 12.6. The summed E-state index contributed by atoms with van der Waals surface area (Å²) in [6, 6.07) is 13.3. The normalized spacial score (nSPS) is 14.5. The number of aromatic nitrogens is 5. The van der Waals surface area contributed by atoms with Crippen molar-refractivity contribution in [3.05, 3.63) is 59.4 Å². The summed E-state index contributed by atoms with van der Waals surface area (Å²) >= 11 is 0. The van der Waals surface area contributed by atoms with Gasteiger partial charge < -0.3 is 9.64 Å².